The topological polar surface area (TPSA) is 82.4 Å². The highest BCUT2D eigenvalue weighted by Gasteiger charge is 2.25. The van der Waals surface area contributed by atoms with Crippen LogP contribution in [0.5, 0.6) is 11.8 Å². The first-order valence-electron chi connectivity index (χ1n) is 8.93. The van der Waals surface area contributed by atoms with Gasteiger partial charge < -0.3 is 18.9 Å². The minimum atomic E-state index is -0.108. The van der Waals surface area contributed by atoms with Gasteiger partial charge in [-0.25, -0.2) is 4.98 Å². The Balaban J connectivity index is 1.40. The van der Waals surface area contributed by atoms with Crippen LogP contribution in [-0.4, -0.2) is 56.6 Å². The molecule has 1 fully saturated rings. The van der Waals surface area contributed by atoms with E-state index in [-0.39, 0.29) is 18.6 Å². The largest absolute Gasteiger partial charge is 0.480 e. The standard InChI is InChI=1S/C19H21N5O3/c1-26-17-9-20-10-18(22-17)27-14-5-4-8-23(11-14)19(25)12-24-13-21-15-6-2-3-7-16(15)24/h2-3,6-7,9-10,13-14H,4-5,8,11-12H2,1H3. The highest BCUT2D eigenvalue weighted by molar-refractivity contribution is 5.80. The Morgan fingerprint density at radius 3 is 3.00 bits per heavy atom. The summed E-state index contributed by atoms with van der Waals surface area (Å²) in [5, 5.41) is 0. The maximum atomic E-state index is 12.8. The van der Waals surface area contributed by atoms with Gasteiger partial charge in [-0.2, -0.15) is 4.98 Å². The van der Waals surface area contributed by atoms with Gasteiger partial charge in [-0.1, -0.05) is 12.1 Å². The van der Waals surface area contributed by atoms with Crippen molar-refractivity contribution in [3.05, 3.63) is 43.0 Å². The monoisotopic (exact) mass is 367 g/mol. The zero-order chi connectivity index (χ0) is 18.6. The van der Waals surface area contributed by atoms with E-state index in [1.807, 2.05) is 33.7 Å². The van der Waals surface area contributed by atoms with Gasteiger partial charge in [-0.05, 0) is 25.0 Å². The van der Waals surface area contributed by atoms with Gasteiger partial charge >= 0.3 is 0 Å². The lowest BCUT2D eigenvalue weighted by atomic mass is 10.1. The van der Waals surface area contributed by atoms with Crippen LogP contribution in [0.2, 0.25) is 0 Å². The van der Waals surface area contributed by atoms with Crippen LogP contribution in [0.1, 0.15) is 12.8 Å². The molecular formula is C19H21N5O3. The van der Waals surface area contributed by atoms with Crippen molar-refractivity contribution in [2.75, 3.05) is 20.2 Å². The molecule has 0 radical (unpaired) electrons. The normalized spacial score (nSPS) is 17.1. The number of nitrogens with zero attached hydrogens (tertiary/aromatic N) is 5. The average Bonchev–Trinajstić information content (AvgIpc) is 3.11. The number of benzene rings is 1. The highest BCUT2D eigenvalue weighted by Crippen LogP contribution is 2.19. The minimum Gasteiger partial charge on any atom is -0.480 e. The van der Waals surface area contributed by atoms with Gasteiger partial charge in [0.2, 0.25) is 17.7 Å². The molecule has 0 bridgehead atoms. The van der Waals surface area contributed by atoms with E-state index in [2.05, 4.69) is 15.0 Å². The predicted octanol–water partition coefficient (Wildman–Crippen LogP) is 1.90. The molecule has 1 saturated heterocycles. The molecule has 3 heterocycles. The third kappa shape index (κ3) is 3.84. The van der Waals surface area contributed by atoms with Crippen molar-refractivity contribution in [1.29, 1.82) is 0 Å². The van der Waals surface area contributed by atoms with Crippen LogP contribution in [0.15, 0.2) is 43.0 Å². The summed E-state index contributed by atoms with van der Waals surface area (Å²) in [5.74, 6) is 0.876. The number of piperidine rings is 1. The number of amides is 1. The Kier molecular flexibility index (Phi) is 4.86. The molecule has 1 aromatic carbocycles. The first-order valence-corrected chi connectivity index (χ1v) is 8.93. The summed E-state index contributed by atoms with van der Waals surface area (Å²) in [5.41, 5.74) is 1.85. The maximum Gasteiger partial charge on any atom is 0.242 e. The molecule has 0 aliphatic carbocycles. The zero-order valence-electron chi connectivity index (χ0n) is 15.1. The lowest BCUT2D eigenvalue weighted by molar-refractivity contribution is -0.134. The summed E-state index contributed by atoms with van der Waals surface area (Å²) < 4.78 is 12.9. The number of carbonyl (C=O) groups is 1. The van der Waals surface area contributed by atoms with Crippen molar-refractivity contribution < 1.29 is 14.3 Å². The quantitative estimate of drug-likeness (QED) is 0.685. The zero-order valence-corrected chi connectivity index (χ0v) is 15.1. The van der Waals surface area contributed by atoms with Crippen LogP contribution in [-0.2, 0) is 11.3 Å². The number of ether oxygens (including phenoxy) is 2. The van der Waals surface area contributed by atoms with E-state index in [0.29, 0.717) is 18.3 Å². The number of fused-ring (bicyclic) bond motifs is 1. The smallest absolute Gasteiger partial charge is 0.242 e. The fourth-order valence-electron chi connectivity index (χ4n) is 3.30. The number of methoxy groups -OCH3 is 1. The number of hydrogen-bond donors (Lipinski definition) is 0. The van der Waals surface area contributed by atoms with Crippen LogP contribution >= 0.6 is 0 Å². The van der Waals surface area contributed by atoms with Crippen molar-refractivity contribution in [3.63, 3.8) is 0 Å². The van der Waals surface area contributed by atoms with E-state index < -0.39 is 0 Å². The molecule has 4 rings (SSSR count). The van der Waals surface area contributed by atoms with Crippen LogP contribution < -0.4 is 9.47 Å². The molecule has 8 heteroatoms. The second-order valence-corrected chi connectivity index (χ2v) is 6.48. The van der Waals surface area contributed by atoms with Gasteiger partial charge in [0.1, 0.15) is 12.6 Å². The SMILES string of the molecule is COc1cncc(OC2CCCN(C(=O)Cn3cnc4ccccc43)C2)n1. The molecule has 140 valence electrons. The van der Waals surface area contributed by atoms with E-state index in [1.54, 1.807) is 12.5 Å². The molecule has 1 aliphatic rings. The number of carbonyl (C=O) groups excluding carboxylic acids is 1. The third-order valence-corrected chi connectivity index (χ3v) is 4.65. The molecule has 0 N–H and O–H groups in total. The lowest BCUT2D eigenvalue weighted by Crippen LogP contribution is -2.45. The van der Waals surface area contributed by atoms with Gasteiger partial charge in [-0.3, -0.25) is 9.78 Å². The minimum absolute atomic E-state index is 0.0585. The van der Waals surface area contributed by atoms with Crippen molar-refractivity contribution in [2.45, 2.75) is 25.5 Å². The fraction of sp³-hybridized carbons (Fsp3) is 0.368. The number of likely N-dealkylation sites (tertiary alicyclic amines) is 1. The van der Waals surface area contributed by atoms with Crippen LogP contribution in [0.3, 0.4) is 0 Å². The molecule has 1 aliphatic heterocycles. The third-order valence-electron chi connectivity index (χ3n) is 4.65. The Labute approximate surface area is 156 Å². The van der Waals surface area contributed by atoms with Crippen LogP contribution in [0, 0.1) is 0 Å². The van der Waals surface area contributed by atoms with E-state index in [4.69, 9.17) is 9.47 Å². The van der Waals surface area contributed by atoms with Crippen molar-refractivity contribution >= 4 is 16.9 Å². The van der Waals surface area contributed by atoms with Gasteiger partial charge in [0.25, 0.3) is 0 Å². The van der Waals surface area contributed by atoms with Gasteiger partial charge in [0.15, 0.2) is 0 Å². The van der Waals surface area contributed by atoms with Gasteiger partial charge in [0, 0.05) is 6.54 Å². The highest BCUT2D eigenvalue weighted by atomic mass is 16.5. The summed E-state index contributed by atoms with van der Waals surface area (Å²) in [6.45, 7) is 1.53. The summed E-state index contributed by atoms with van der Waals surface area (Å²) in [4.78, 5) is 27.2. The summed E-state index contributed by atoms with van der Waals surface area (Å²) in [6, 6.07) is 7.80. The predicted molar refractivity (Wildman–Crippen MR) is 98.5 cm³/mol. The van der Waals surface area contributed by atoms with E-state index in [1.165, 1.54) is 13.3 Å². The Hall–Kier alpha value is -3.16. The van der Waals surface area contributed by atoms with Crippen molar-refractivity contribution in [2.24, 2.45) is 0 Å². The molecule has 1 atom stereocenters. The molecular weight excluding hydrogens is 346 g/mol. The van der Waals surface area contributed by atoms with E-state index >= 15 is 0 Å². The summed E-state index contributed by atoms with van der Waals surface area (Å²) in [7, 11) is 1.54. The number of aromatic nitrogens is 4. The van der Waals surface area contributed by atoms with Crippen molar-refractivity contribution in [3.8, 4) is 11.8 Å². The molecule has 1 unspecified atom stereocenters. The molecule has 3 aromatic rings. The van der Waals surface area contributed by atoms with Crippen LogP contribution in [0.25, 0.3) is 11.0 Å². The first-order chi connectivity index (χ1) is 13.2. The molecule has 0 saturated carbocycles. The van der Waals surface area contributed by atoms with Crippen LogP contribution in [0.4, 0.5) is 0 Å². The number of hydrogen-bond acceptors (Lipinski definition) is 6. The van der Waals surface area contributed by atoms with Gasteiger partial charge in [-0.15, -0.1) is 0 Å². The molecule has 0 spiro atoms. The van der Waals surface area contributed by atoms with Crippen molar-refractivity contribution in [1.82, 2.24) is 24.4 Å². The lowest BCUT2D eigenvalue weighted by Gasteiger charge is -2.32. The molecule has 27 heavy (non-hydrogen) atoms. The average molecular weight is 367 g/mol. The van der Waals surface area contributed by atoms with E-state index in [9.17, 15) is 4.79 Å². The number of imidazole rings is 1. The number of rotatable bonds is 5. The molecule has 2 aromatic heterocycles. The Morgan fingerprint density at radius 1 is 1.26 bits per heavy atom. The molecule has 8 nitrogen and oxygen atoms in total. The second-order valence-electron chi connectivity index (χ2n) is 6.48. The summed E-state index contributed by atoms with van der Waals surface area (Å²) in [6.07, 6.45) is 6.45. The number of para-hydroxylation sites is 2. The molecule has 1 amide bonds. The fourth-order valence-corrected chi connectivity index (χ4v) is 3.30. The maximum absolute atomic E-state index is 12.8. The first kappa shape index (κ1) is 17.3. The van der Waals surface area contributed by atoms with Gasteiger partial charge in [0.05, 0.1) is 43.4 Å². The Morgan fingerprint density at radius 2 is 2.11 bits per heavy atom. The Bertz CT molecular complexity index is 942. The second kappa shape index (κ2) is 7.61. The van der Waals surface area contributed by atoms with E-state index in [0.717, 1.165) is 30.4 Å². The summed E-state index contributed by atoms with van der Waals surface area (Å²) >= 11 is 0.